The van der Waals surface area contributed by atoms with Crippen LogP contribution in [0.3, 0.4) is 0 Å². The Balaban J connectivity index is 3.63. The van der Waals surface area contributed by atoms with Crippen molar-refractivity contribution in [1.82, 2.24) is 4.90 Å². The lowest BCUT2D eigenvalue weighted by atomic mass is 10.3. The zero-order valence-electron chi connectivity index (χ0n) is 6.60. The van der Waals surface area contributed by atoms with Gasteiger partial charge in [0, 0.05) is 18.5 Å². The monoisotopic (exact) mass is 159 g/mol. The Morgan fingerprint density at radius 3 is 2.50 bits per heavy atom. The van der Waals surface area contributed by atoms with Gasteiger partial charge in [0.25, 0.3) is 0 Å². The maximum atomic E-state index is 5.57. The van der Waals surface area contributed by atoms with Crippen molar-refractivity contribution in [3.05, 3.63) is 0 Å². The lowest BCUT2D eigenvalue weighted by Crippen LogP contribution is -2.32. The molecule has 0 spiro atoms. The molecule has 0 aliphatic rings. The molecule has 0 unspecified atom stereocenters. The van der Waals surface area contributed by atoms with Gasteiger partial charge in [0.2, 0.25) is 0 Å². The van der Waals surface area contributed by atoms with E-state index >= 15 is 0 Å². The summed E-state index contributed by atoms with van der Waals surface area (Å²) in [6.45, 7) is 5.81. The molecule has 0 radical (unpaired) electrons. The third-order valence-electron chi connectivity index (χ3n) is 1.40. The van der Waals surface area contributed by atoms with Crippen molar-refractivity contribution in [3.8, 4) is 12.3 Å². The lowest BCUT2D eigenvalue weighted by Gasteiger charge is -2.22. The molecular weight excluding hydrogens is 146 g/mol. The molecule has 0 aliphatic carbocycles. The van der Waals surface area contributed by atoms with E-state index in [9.17, 15) is 0 Å². The second-order valence-corrected chi connectivity index (χ2v) is 2.84. The van der Waals surface area contributed by atoms with Crippen molar-refractivity contribution in [2.45, 2.75) is 19.9 Å². The molecule has 0 bridgehead atoms. The molecule has 10 heavy (non-hydrogen) atoms. The van der Waals surface area contributed by atoms with Gasteiger partial charge in [0.15, 0.2) is 0 Å². The molecule has 58 valence electrons. The maximum Gasteiger partial charge on any atom is 0.0601 e. The van der Waals surface area contributed by atoms with Gasteiger partial charge in [-0.3, -0.25) is 4.90 Å². The smallest absolute Gasteiger partial charge is 0.0601 e. The predicted molar refractivity (Wildman–Crippen MR) is 46.3 cm³/mol. The average molecular weight is 160 g/mol. The number of halogens is 1. The first-order valence-corrected chi connectivity index (χ1v) is 3.99. The zero-order valence-corrected chi connectivity index (χ0v) is 7.36. The van der Waals surface area contributed by atoms with Crippen LogP contribution in [0, 0.1) is 12.3 Å². The van der Waals surface area contributed by atoms with Gasteiger partial charge < -0.3 is 0 Å². The number of terminal acetylenes is 1. The largest absolute Gasteiger partial charge is 0.289 e. The van der Waals surface area contributed by atoms with Crippen LogP contribution in [0.15, 0.2) is 0 Å². The molecule has 0 aromatic carbocycles. The van der Waals surface area contributed by atoms with Gasteiger partial charge in [-0.05, 0) is 13.8 Å². The molecule has 0 rings (SSSR count). The number of alkyl halides is 1. The molecule has 0 aromatic heterocycles. The number of hydrogen-bond donors (Lipinski definition) is 0. The fourth-order valence-electron chi connectivity index (χ4n) is 0.746. The fourth-order valence-corrected chi connectivity index (χ4v) is 0.963. The molecule has 0 amide bonds. The topological polar surface area (TPSA) is 3.24 Å². The quantitative estimate of drug-likeness (QED) is 0.445. The summed E-state index contributed by atoms with van der Waals surface area (Å²) >= 11 is 5.57. The van der Waals surface area contributed by atoms with E-state index in [0.29, 0.717) is 18.5 Å². The molecule has 0 atom stereocenters. The van der Waals surface area contributed by atoms with Crippen molar-refractivity contribution < 1.29 is 0 Å². The molecule has 2 heteroatoms. The van der Waals surface area contributed by atoms with E-state index in [-0.39, 0.29) is 0 Å². The second-order valence-electron chi connectivity index (χ2n) is 2.46. The van der Waals surface area contributed by atoms with Crippen molar-refractivity contribution in [2.24, 2.45) is 0 Å². The summed E-state index contributed by atoms with van der Waals surface area (Å²) in [5, 5.41) is 0. The van der Waals surface area contributed by atoms with Crippen LogP contribution in [0.5, 0.6) is 0 Å². The van der Waals surface area contributed by atoms with Gasteiger partial charge in [-0.25, -0.2) is 0 Å². The average Bonchev–Trinajstić information content (AvgIpc) is 1.87. The van der Waals surface area contributed by atoms with Crippen molar-refractivity contribution in [2.75, 3.05) is 19.0 Å². The highest BCUT2D eigenvalue weighted by Gasteiger charge is 2.05. The predicted octanol–water partition coefficient (Wildman–Crippen LogP) is 1.57. The first-order chi connectivity index (χ1) is 4.72. The van der Waals surface area contributed by atoms with Crippen molar-refractivity contribution in [3.63, 3.8) is 0 Å². The second kappa shape index (κ2) is 5.58. The van der Waals surface area contributed by atoms with Crippen LogP contribution in [0.4, 0.5) is 0 Å². The van der Waals surface area contributed by atoms with E-state index in [1.54, 1.807) is 0 Å². The number of rotatable bonds is 4. The lowest BCUT2D eigenvalue weighted by molar-refractivity contribution is 0.265. The summed E-state index contributed by atoms with van der Waals surface area (Å²) < 4.78 is 0. The normalized spacial score (nSPS) is 10.4. The molecule has 0 aromatic rings. The van der Waals surface area contributed by atoms with E-state index in [0.717, 1.165) is 6.54 Å². The van der Waals surface area contributed by atoms with Crippen molar-refractivity contribution in [1.29, 1.82) is 0 Å². The van der Waals surface area contributed by atoms with Gasteiger partial charge in [0.1, 0.15) is 0 Å². The molecule has 1 nitrogen and oxygen atoms in total. The summed E-state index contributed by atoms with van der Waals surface area (Å²) in [5.41, 5.74) is 0. The van der Waals surface area contributed by atoms with Crippen LogP contribution < -0.4 is 0 Å². The zero-order chi connectivity index (χ0) is 7.98. The number of nitrogens with zero attached hydrogens (tertiary/aromatic N) is 1. The highest BCUT2D eigenvalue weighted by molar-refractivity contribution is 6.18. The Hall–Kier alpha value is -0.190. The third kappa shape index (κ3) is 3.76. The van der Waals surface area contributed by atoms with Gasteiger partial charge in [-0.15, -0.1) is 18.0 Å². The first-order valence-electron chi connectivity index (χ1n) is 3.45. The molecule has 0 heterocycles. The fraction of sp³-hybridized carbons (Fsp3) is 0.750. The molecule has 0 saturated carbocycles. The minimum Gasteiger partial charge on any atom is -0.289 e. The van der Waals surface area contributed by atoms with E-state index < -0.39 is 0 Å². The van der Waals surface area contributed by atoms with E-state index in [4.69, 9.17) is 18.0 Å². The molecular formula is C8H14ClN. The van der Waals surface area contributed by atoms with Crippen LogP contribution in [0.2, 0.25) is 0 Å². The van der Waals surface area contributed by atoms with Crippen LogP contribution >= 0.6 is 11.6 Å². The molecule has 0 N–H and O–H groups in total. The Morgan fingerprint density at radius 1 is 1.60 bits per heavy atom. The van der Waals surface area contributed by atoms with E-state index in [1.165, 1.54) is 0 Å². The Labute approximate surface area is 68.4 Å². The van der Waals surface area contributed by atoms with Gasteiger partial charge in [-0.2, -0.15) is 0 Å². The summed E-state index contributed by atoms with van der Waals surface area (Å²) in [4.78, 5) is 2.16. The summed E-state index contributed by atoms with van der Waals surface area (Å²) in [5.74, 6) is 3.25. The van der Waals surface area contributed by atoms with Gasteiger partial charge in [-0.1, -0.05) is 5.92 Å². The summed E-state index contributed by atoms with van der Waals surface area (Å²) in [6.07, 6.45) is 5.16. The summed E-state index contributed by atoms with van der Waals surface area (Å²) in [7, 11) is 0. The Bertz CT molecular complexity index is 115. The van der Waals surface area contributed by atoms with Crippen LogP contribution in [-0.2, 0) is 0 Å². The highest BCUT2D eigenvalue weighted by Crippen LogP contribution is 1.96. The Kier molecular flexibility index (Phi) is 5.48. The number of hydrogen-bond acceptors (Lipinski definition) is 1. The van der Waals surface area contributed by atoms with E-state index in [1.807, 2.05) is 0 Å². The van der Waals surface area contributed by atoms with E-state index in [2.05, 4.69) is 24.7 Å². The molecule has 0 aliphatic heterocycles. The highest BCUT2D eigenvalue weighted by atomic mass is 35.5. The first kappa shape index (κ1) is 9.81. The third-order valence-corrected chi connectivity index (χ3v) is 1.57. The minimum absolute atomic E-state index is 0.495. The maximum absolute atomic E-state index is 5.57. The Morgan fingerprint density at radius 2 is 2.20 bits per heavy atom. The SMILES string of the molecule is C#CCN(CCCl)C(C)C. The standard InChI is InChI=1S/C8H14ClN/c1-4-6-10(7-5-9)8(2)3/h1,8H,5-7H2,2-3H3. The van der Waals surface area contributed by atoms with Crippen LogP contribution in [0.1, 0.15) is 13.8 Å². The summed E-state index contributed by atoms with van der Waals surface area (Å²) in [6, 6.07) is 0.495. The van der Waals surface area contributed by atoms with Crippen LogP contribution in [0.25, 0.3) is 0 Å². The minimum atomic E-state index is 0.495. The van der Waals surface area contributed by atoms with Crippen molar-refractivity contribution >= 4 is 11.6 Å². The van der Waals surface area contributed by atoms with Gasteiger partial charge >= 0.3 is 0 Å². The van der Waals surface area contributed by atoms with Crippen LogP contribution in [-0.4, -0.2) is 29.9 Å². The molecule has 0 fully saturated rings. The van der Waals surface area contributed by atoms with Gasteiger partial charge in [0.05, 0.1) is 6.54 Å². The molecule has 0 saturated heterocycles.